The Morgan fingerprint density at radius 2 is 1.29 bits per heavy atom. The number of pyridine rings is 1. The summed E-state index contributed by atoms with van der Waals surface area (Å²) in [4.78, 5) is 11.4. The molecule has 0 spiro atoms. The normalized spacial score (nSPS) is 11.0. The summed E-state index contributed by atoms with van der Waals surface area (Å²) >= 11 is 0. The highest BCUT2D eigenvalue weighted by Crippen LogP contribution is 2.34. The molecular weight excluding hydrogens is 346 g/mol. The van der Waals surface area contributed by atoms with Crippen molar-refractivity contribution in [2.45, 2.75) is 13.8 Å². The molecule has 152 valence electrons. The van der Waals surface area contributed by atoms with Crippen LogP contribution < -0.4 is 15.1 Å². The maximum Gasteiger partial charge on any atom is 0.0751 e. The van der Waals surface area contributed by atoms with Crippen molar-refractivity contribution in [2.75, 3.05) is 70.5 Å². The van der Waals surface area contributed by atoms with Gasteiger partial charge in [0, 0.05) is 56.9 Å². The summed E-state index contributed by atoms with van der Waals surface area (Å²) in [5, 5.41) is 6.04. The van der Waals surface area contributed by atoms with E-state index in [1.54, 1.807) is 0 Å². The lowest BCUT2D eigenvalue weighted by Crippen LogP contribution is -2.16. The number of nitrogens with zero attached hydrogens (tertiary/aromatic N) is 4. The van der Waals surface area contributed by atoms with Crippen molar-refractivity contribution in [3.05, 3.63) is 36.4 Å². The lowest BCUT2D eigenvalue weighted by molar-refractivity contribution is 0.405. The highest BCUT2D eigenvalue weighted by molar-refractivity contribution is 6.08. The van der Waals surface area contributed by atoms with E-state index in [0.717, 1.165) is 41.9 Å². The molecule has 1 N–H and O–H groups in total. The van der Waals surface area contributed by atoms with Crippen LogP contribution >= 0.6 is 0 Å². The van der Waals surface area contributed by atoms with Gasteiger partial charge in [0.25, 0.3) is 0 Å². The summed E-state index contributed by atoms with van der Waals surface area (Å²) in [6.45, 7) is 2.01. The van der Waals surface area contributed by atoms with Gasteiger partial charge in [0.05, 0.1) is 16.7 Å². The Kier molecular flexibility index (Phi) is 7.08. The number of fused-ring (bicyclic) bond motifs is 2. The van der Waals surface area contributed by atoms with Crippen molar-refractivity contribution in [1.29, 1.82) is 0 Å². The van der Waals surface area contributed by atoms with Crippen LogP contribution in [0.15, 0.2) is 36.4 Å². The van der Waals surface area contributed by atoms with Crippen molar-refractivity contribution < 1.29 is 0 Å². The van der Waals surface area contributed by atoms with E-state index in [2.05, 4.69) is 98.7 Å². The molecule has 0 fully saturated rings. The van der Waals surface area contributed by atoms with Crippen molar-refractivity contribution in [1.82, 2.24) is 9.88 Å². The summed E-state index contributed by atoms with van der Waals surface area (Å²) in [6.07, 6.45) is 1.10. The molecule has 0 amide bonds. The molecule has 0 saturated heterocycles. The van der Waals surface area contributed by atoms with Crippen LogP contribution in [0.1, 0.15) is 13.8 Å². The van der Waals surface area contributed by atoms with Gasteiger partial charge in [-0.15, -0.1) is 0 Å². The van der Waals surface area contributed by atoms with Crippen LogP contribution in [0.3, 0.4) is 0 Å². The summed E-state index contributed by atoms with van der Waals surface area (Å²) in [7, 11) is 12.5. The average Bonchev–Trinajstić information content (AvgIpc) is 2.62. The van der Waals surface area contributed by atoms with E-state index in [-0.39, 0.29) is 7.43 Å². The molecule has 1 aromatic heterocycles. The van der Waals surface area contributed by atoms with Crippen LogP contribution in [0.5, 0.6) is 0 Å². The molecular formula is C23H35N5. The van der Waals surface area contributed by atoms with Crippen molar-refractivity contribution in [3.8, 4) is 0 Å². The molecule has 0 atom stereocenters. The average molecular weight is 382 g/mol. The van der Waals surface area contributed by atoms with Gasteiger partial charge in [0.1, 0.15) is 0 Å². The number of hydrogen-bond donors (Lipinski definition) is 1. The zero-order valence-corrected chi connectivity index (χ0v) is 17.4. The minimum atomic E-state index is 0. The quantitative estimate of drug-likeness (QED) is 0.481. The van der Waals surface area contributed by atoms with E-state index >= 15 is 0 Å². The number of aromatic nitrogens is 1. The molecule has 0 radical (unpaired) electrons. The number of benzene rings is 2. The summed E-state index contributed by atoms with van der Waals surface area (Å²) in [5.41, 5.74) is 5.57. The van der Waals surface area contributed by atoms with Crippen LogP contribution in [0.2, 0.25) is 0 Å². The Hall–Kier alpha value is -2.53. The molecule has 2 aromatic carbocycles. The Morgan fingerprint density at radius 3 is 1.71 bits per heavy atom. The third-order valence-corrected chi connectivity index (χ3v) is 4.86. The minimum absolute atomic E-state index is 0. The van der Waals surface area contributed by atoms with Crippen LogP contribution in [0.25, 0.3) is 21.8 Å². The maximum absolute atomic E-state index is 4.98. The van der Waals surface area contributed by atoms with E-state index in [4.69, 9.17) is 4.98 Å². The monoisotopic (exact) mass is 381 g/mol. The molecule has 0 saturated carbocycles. The molecule has 0 unspecified atom stereocenters. The SMILES string of the molecule is C.CN(C)CCCNc1c2ccc(N(C)C)cc2nc2cc(N(C)C)ccc12. The number of anilines is 3. The lowest BCUT2D eigenvalue weighted by atomic mass is 10.1. The Balaban J connectivity index is 0.00000280. The van der Waals surface area contributed by atoms with Gasteiger partial charge < -0.3 is 20.0 Å². The molecule has 0 bridgehead atoms. The number of hydrogen-bond acceptors (Lipinski definition) is 5. The molecule has 28 heavy (non-hydrogen) atoms. The third kappa shape index (κ3) is 4.65. The van der Waals surface area contributed by atoms with Gasteiger partial charge in [0.2, 0.25) is 0 Å². The highest BCUT2D eigenvalue weighted by Gasteiger charge is 2.11. The van der Waals surface area contributed by atoms with E-state index in [0.29, 0.717) is 0 Å². The number of nitrogens with one attached hydrogen (secondary N) is 1. The van der Waals surface area contributed by atoms with Gasteiger partial charge in [-0.1, -0.05) is 7.43 Å². The minimum Gasteiger partial charge on any atom is -0.384 e. The Bertz CT molecular complexity index is 865. The predicted octanol–water partition coefficient (Wildman–Crippen LogP) is 4.52. The molecule has 5 nitrogen and oxygen atoms in total. The van der Waals surface area contributed by atoms with Gasteiger partial charge in [0.15, 0.2) is 0 Å². The number of rotatable bonds is 7. The van der Waals surface area contributed by atoms with E-state index in [1.807, 2.05) is 0 Å². The maximum atomic E-state index is 4.98. The van der Waals surface area contributed by atoms with Crippen LogP contribution in [0.4, 0.5) is 17.1 Å². The Morgan fingerprint density at radius 1 is 0.786 bits per heavy atom. The fourth-order valence-corrected chi connectivity index (χ4v) is 3.28. The highest BCUT2D eigenvalue weighted by atomic mass is 15.1. The fourth-order valence-electron chi connectivity index (χ4n) is 3.28. The first-order valence-corrected chi connectivity index (χ1v) is 9.47. The van der Waals surface area contributed by atoms with Gasteiger partial charge in [-0.3, -0.25) is 0 Å². The molecule has 0 aliphatic rings. The first-order chi connectivity index (χ1) is 12.9. The van der Waals surface area contributed by atoms with Gasteiger partial charge >= 0.3 is 0 Å². The molecule has 5 heteroatoms. The summed E-state index contributed by atoms with van der Waals surface area (Å²) in [5.74, 6) is 0. The fraction of sp³-hybridized carbons (Fsp3) is 0.435. The molecule has 0 aliphatic heterocycles. The molecule has 1 heterocycles. The first-order valence-electron chi connectivity index (χ1n) is 9.47. The standard InChI is InChI=1S/C22H31N5.CH4/c1-25(2)13-7-12-23-22-18-10-8-16(26(3)4)14-20(18)24-21-15-17(27(5)6)9-11-19(21)22;/h8-11,14-15H,7,12-13H2,1-6H3,(H,23,24);1H4. The van der Waals surface area contributed by atoms with Crippen LogP contribution in [0, 0.1) is 0 Å². The van der Waals surface area contributed by atoms with Gasteiger partial charge in [-0.05, 0) is 63.5 Å². The summed E-state index contributed by atoms with van der Waals surface area (Å²) in [6, 6.07) is 13.0. The first kappa shape index (κ1) is 21.8. The predicted molar refractivity (Wildman–Crippen MR) is 126 cm³/mol. The summed E-state index contributed by atoms with van der Waals surface area (Å²) < 4.78 is 0. The van der Waals surface area contributed by atoms with E-state index in [1.165, 1.54) is 16.5 Å². The third-order valence-electron chi connectivity index (χ3n) is 4.86. The molecule has 3 aromatic rings. The van der Waals surface area contributed by atoms with E-state index < -0.39 is 0 Å². The zero-order valence-electron chi connectivity index (χ0n) is 17.4. The van der Waals surface area contributed by atoms with Crippen molar-refractivity contribution in [2.24, 2.45) is 0 Å². The smallest absolute Gasteiger partial charge is 0.0751 e. The van der Waals surface area contributed by atoms with Crippen molar-refractivity contribution in [3.63, 3.8) is 0 Å². The van der Waals surface area contributed by atoms with Crippen LogP contribution in [-0.2, 0) is 0 Å². The Labute approximate surface area is 169 Å². The molecule has 3 rings (SSSR count). The van der Waals surface area contributed by atoms with Gasteiger partial charge in [-0.2, -0.15) is 0 Å². The lowest BCUT2D eigenvalue weighted by Gasteiger charge is -2.18. The second kappa shape index (κ2) is 9.11. The topological polar surface area (TPSA) is 34.6 Å². The van der Waals surface area contributed by atoms with Gasteiger partial charge in [-0.25, -0.2) is 4.98 Å². The largest absolute Gasteiger partial charge is 0.384 e. The second-order valence-electron chi connectivity index (χ2n) is 7.76. The van der Waals surface area contributed by atoms with Crippen LogP contribution in [-0.4, -0.2) is 65.3 Å². The van der Waals surface area contributed by atoms with E-state index in [9.17, 15) is 0 Å². The zero-order chi connectivity index (χ0) is 19.6. The molecule has 0 aliphatic carbocycles. The van der Waals surface area contributed by atoms with Crippen molar-refractivity contribution >= 4 is 38.9 Å². The second-order valence-corrected chi connectivity index (χ2v) is 7.76.